The number of carbonyl (C=O) groups is 1. The van der Waals surface area contributed by atoms with E-state index in [1.54, 1.807) is 31.4 Å². The summed E-state index contributed by atoms with van der Waals surface area (Å²) in [6.45, 7) is 0. The van der Waals surface area contributed by atoms with Crippen LogP contribution < -0.4 is 10.1 Å². The van der Waals surface area contributed by atoms with Gasteiger partial charge in [-0.15, -0.1) is 0 Å². The number of nitrogens with one attached hydrogen (secondary N) is 1. The third-order valence-corrected chi connectivity index (χ3v) is 3.32. The van der Waals surface area contributed by atoms with Gasteiger partial charge in [0.2, 0.25) is 0 Å². The molecule has 0 aliphatic rings. The van der Waals surface area contributed by atoms with E-state index in [4.69, 9.17) is 4.74 Å². The molecule has 0 atom stereocenters. The Morgan fingerprint density at radius 3 is 2.70 bits per heavy atom. The van der Waals surface area contributed by atoms with Crippen molar-refractivity contribution in [3.63, 3.8) is 0 Å². The van der Waals surface area contributed by atoms with Crippen LogP contribution in [0.3, 0.4) is 0 Å². The maximum Gasteiger partial charge on any atom is 0.258 e. The minimum absolute atomic E-state index is 0.235. The number of hydrogen-bond donors (Lipinski definition) is 1. The molecule has 0 aliphatic carbocycles. The van der Waals surface area contributed by atoms with E-state index in [1.165, 1.54) is 6.20 Å². The van der Waals surface area contributed by atoms with Gasteiger partial charge in [0.15, 0.2) is 0 Å². The van der Waals surface area contributed by atoms with Crippen LogP contribution in [0.2, 0.25) is 0 Å². The number of aromatic nitrogens is 1. The average molecular weight is 314 g/mol. The standard InChI is InChI=1S/C17H12F2N2O2/c1-23-13-4-2-10-6-12(9-20-16(10)8-13)21-17(22)14-5-3-11(18)7-15(14)19/h2-9H,1H3,(H,21,22). The Labute approximate surface area is 130 Å². The fraction of sp³-hybridized carbons (Fsp3) is 0.0588. The molecule has 23 heavy (non-hydrogen) atoms. The number of methoxy groups -OCH3 is 1. The first-order chi connectivity index (χ1) is 11.1. The monoisotopic (exact) mass is 314 g/mol. The van der Waals surface area contributed by atoms with Crippen molar-refractivity contribution in [1.82, 2.24) is 4.98 Å². The molecule has 1 aromatic heterocycles. The van der Waals surface area contributed by atoms with Gasteiger partial charge >= 0.3 is 0 Å². The molecule has 1 heterocycles. The van der Waals surface area contributed by atoms with Gasteiger partial charge in [0, 0.05) is 17.5 Å². The minimum atomic E-state index is -0.916. The quantitative estimate of drug-likeness (QED) is 0.800. The molecule has 2 aromatic carbocycles. The van der Waals surface area contributed by atoms with E-state index in [0.29, 0.717) is 23.0 Å². The van der Waals surface area contributed by atoms with E-state index in [2.05, 4.69) is 10.3 Å². The number of carbonyl (C=O) groups excluding carboxylic acids is 1. The highest BCUT2D eigenvalue weighted by Crippen LogP contribution is 2.22. The van der Waals surface area contributed by atoms with Crippen LogP contribution in [-0.4, -0.2) is 18.0 Å². The summed E-state index contributed by atoms with van der Waals surface area (Å²) < 4.78 is 31.6. The molecule has 0 saturated heterocycles. The number of ether oxygens (including phenoxy) is 1. The van der Waals surface area contributed by atoms with E-state index < -0.39 is 17.5 Å². The van der Waals surface area contributed by atoms with Gasteiger partial charge in [0.25, 0.3) is 5.91 Å². The van der Waals surface area contributed by atoms with Crippen LogP contribution in [0.15, 0.2) is 48.7 Å². The molecule has 6 heteroatoms. The van der Waals surface area contributed by atoms with Crippen molar-refractivity contribution in [3.05, 3.63) is 65.9 Å². The number of benzene rings is 2. The molecule has 0 unspecified atom stereocenters. The number of halogens is 2. The lowest BCUT2D eigenvalue weighted by Gasteiger charge is -2.08. The van der Waals surface area contributed by atoms with Crippen LogP contribution in [0.1, 0.15) is 10.4 Å². The summed E-state index contributed by atoms with van der Waals surface area (Å²) in [5.41, 5.74) is 0.882. The molecule has 0 bridgehead atoms. The molecule has 0 radical (unpaired) electrons. The van der Waals surface area contributed by atoms with Crippen LogP contribution in [0.5, 0.6) is 5.75 Å². The molecule has 0 fully saturated rings. The number of rotatable bonds is 3. The number of fused-ring (bicyclic) bond motifs is 1. The maximum atomic E-state index is 13.6. The number of pyridine rings is 1. The van der Waals surface area contributed by atoms with Crippen molar-refractivity contribution in [2.24, 2.45) is 0 Å². The largest absolute Gasteiger partial charge is 0.497 e. The Bertz CT molecular complexity index is 897. The molecule has 0 aliphatic heterocycles. The van der Waals surface area contributed by atoms with Gasteiger partial charge in [-0.2, -0.15) is 0 Å². The molecular weight excluding hydrogens is 302 g/mol. The van der Waals surface area contributed by atoms with Gasteiger partial charge in [-0.1, -0.05) is 0 Å². The third kappa shape index (κ3) is 3.11. The summed E-state index contributed by atoms with van der Waals surface area (Å²) in [6, 6.07) is 9.84. The molecule has 0 saturated carbocycles. The predicted molar refractivity (Wildman–Crippen MR) is 82.6 cm³/mol. The molecule has 1 N–H and O–H groups in total. The maximum absolute atomic E-state index is 13.6. The summed E-state index contributed by atoms with van der Waals surface area (Å²) in [4.78, 5) is 16.3. The summed E-state index contributed by atoms with van der Waals surface area (Å²) in [7, 11) is 1.56. The van der Waals surface area contributed by atoms with E-state index >= 15 is 0 Å². The Morgan fingerprint density at radius 1 is 1.13 bits per heavy atom. The summed E-state index contributed by atoms with van der Waals surface area (Å²) in [5, 5.41) is 3.34. The highest BCUT2D eigenvalue weighted by Gasteiger charge is 2.13. The zero-order chi connectivity index (χ0) is 16.4. The van der Waals surface area contributed by atoms with Gasteiger partial charge in [-0.3, -0.25) is 9.78 Å². The molecule has 4 nitrogen and oxygen atoms in total. The summed E-state index contributed by atoms with van der Waals surface area (Å²) in [5.74, 6) is -1.64. The summed E-state index contributed by atoms with van der Waals surface area (Å²) in [6.07, 6.45) is 1.46. The second kappa shape index (κ2) is 6.00. The molecule has 1 amide bonds. The normalized spacial score (nSPS) is 10.6. The first-order valence-electron chi connectivity index (χ1n) is 6.77. The van der Waals surface area contributed by atoms with E-state index in [-0.39, 0.29) is 5.56 Å². The molecule has 3 rings (SSSR count). The Morgan fingerprint density at radius 2 is 1.96 bits per heavy atom. The summed E-state index contributed by atoms with van der Waals surface area (Å²) >= 11 is 0. The van der Waals surface area contributed by atoms with E-state index in [0.717, 1.165) is 17.5 Å². The van der Waals surface area contributed by atoms with Gasteiger partial charge in [0.05, 0.1) is 30.1 Å². The number of anilines is 1. The van der Waals surface area contributed by atoms with Gasteiger partial charge in [0.1, 0.15) is 17.4 Å². The lowest BCUT2D eigenvalue weighted by molar-refractivity contribution is 0.102. The topological polar surface area (TPSA) is 51.2 Å². The van der Waals surface area contributed by atoms with Crippen LogP contribution in [0.25, 0.3) is 10.9 Å². The zero-order valence-electron chi connectivity index (χ0n) is 12.1. The van der Waals surface area contributed by atoms with Gasteiger partial charge in [-0.05, 0) is 30.3 Å². The highest BCUT2D eigenvalue weighted by molar-refractivity contribution is 6.05. The van der Waals surface area contributed by atoms with Crippen molar-refractivity contribution in [2.75, 3.05) is 12.4 Å². The Balaban J connectivity index is 1.87. The van der Waals surface area contributed by atoms with Crippen LogP contribution >= 0.6 is 0 Å². The van der Waals surface area contributed by atoms with Crippen LogP contribution in [0.4, 0.5) is 14.5 Å². The first-order valence-corrected chi connectivity index (χ1v) is 6.77. The minimum Gasteiger partial charge on any atom is -0.497 e. The molecular formula is C17H12F2N2O2. The Kier molecular flexibility index (Phi) is 3.89. The highest BCUT2D eigenvalue weighted by atomic mass is 19.1. The fourth-order valence-corrected chi connectivity index (χ4v) is 2.17. The van der Waals surface area contributed by atoms with E-state index in [1.807, 2.05) is 0 Å². The van der Waals surface area contributed by atoms with Crippen molar-refractivity contribution in [2.45, 2.75) is 0 Å². The second-order valence-corrected chi connectivity index (χ2v) is 4.86. The van der Waals surface area contributed by atoms with Crippen molar-refractivity contribution >= 4 is 22.5 Å². The smallest absolute Gasteiger partial charge is 0.258 e. The fourth-order valence-electron chi connectivity index (χ4n) is 2.17. The van der Waals surface area contributed by atoms with Gasteiger partial charge in [-0.25, -0.2) is 8.78 Å². The SMILES string of the molecule is COc1ccc2cc(NC(=O)c3ccc(F)cc3F)cnc2c1. The molecule has 0 spiro atoms. The Hall–Kier alpha value is -3.02. The molecule has 116 valence electrons. The van der Waals surface area contributed by atoms with Crippen LogP contribution in [0, 0.1) is 11.6 Å². The number of hydrogen-bond acceptors (Lipinski definition) is 3. The lowest BCUT2D eigenvalue weighted by atomic mass is 10.1. The number of nitrogens with zero attached hydrogens (tertiary/aromatic N) is 1. The predicted octanol–water partition coefficient (Wildman–Crippen LogP) is 3.77. The van der Waals surface area contributed by atoms with Crippen molar-refractivity contribution in [3.8, 4) is 5.75 Å². The lowest BCUT2D eigenvalue weighted by Crippen LogP contribution is -2.14. The van der Waals surface area contributed by atoms with E-state index in [9.17, 15) is 13.6 Å². The van der Waals surface area contributed by atoms with Gasteiger partial charge < -0.3 is 10.1 Å². The van der Waals surface area contributed by atoms with Crippen LogP contribution in [-0.2, 0) is 0 Å². The average Bonchev–Trinajstić information content (AvgIpc) is 2.54. The van der Waals surface area contributed by atoms with Crippen molar-refractivity contribution in [1.29, 1.82) is 0 Å². The number of amides is 1. The second-order valence-electron chi connectivity index (χ2n) is 4.86. The first kappa shape index (κ1) is 14.9. The zero-order valence-corrected chi connectivity index (χ0v) is 12.1. The third-order valence-electron chi connectivity index (χ3n) is 3.32. The molecule has 3 aromatic rings. The van der Waals surface area contributed by atoms with Crippen molar-refractivity contribution < 1.29 is 18.3 Å².